The second-order valence-electron chi connectivity index (χ2n) is 10.8. The number of nitrogens with zero attached hydrogens (tertiary/aromatic N) is 4. The number of aryl methyl sites for hydroxylation is 1. The van der Waals surface area contributed by atoms with Crippen LogP contribution in [0.5, 0.6) is 0 Å². The fourth-order valence-corrected chi connectivity index (χ4v) is 5.56. The molecule has 1 aliphatic rings. The molecule has 222 valence electrons. The van der Waals surface area contributed by atoms with Crippen LogP contribution in [-0.2, 0) is 6.54 Å². The molecule has 6 rings (SSSR count). The number of nitrogens with one attached hydrogen (secondary N) is 2. The number of anilines is 2. The first-order valence-corrected chi connectivity index (χ1v) is 14.7. The van der Waals surface area contributed by atoms with E-state index in [4.69, 9.17) is 5.73 Å². The third kappa shape index (κ3) is 6.00. The molecule has 3 aromatic carbocycles. The van der Waals surface area contributed by atoms with Gasteiger partial charge in [-0.25, -0.2) is 9.48 Å². The van der Waals surface area contributed by atoms with E-state index in [0.717, 1.165) is 33.3 Å². The second kappa shape index (κ2) is 12.4. The van der Waals surface area contributed by atoms with Crippen molar-refractivity contribution in [2.24, 2.45) is 5.73 Å². The Labute approximate surface area is 254 Å². The summed E-state index contributed by atoms with van der Waals surface area (Å²) in [5.41, 5.74) is 11.0. The molecular weight excluding hydrogens is 554 g/mol. The molecule has 44 heavy (non-hydrogen) atoms. The highest BCUT2D eigenvalue weighted by Gasteiger charge is 2.23. The molecule has 1 saturated heterocycles. The summed E-state index contributed by atoms with van der Waals surface area (Å²) < 4.78 is 1.45. The highest BCUT2D eigenvalue weighted by atomic mass is 16.2. The molecule has 0 unspecified atom stereocenters. The van der Waals surface area contributed by atoms with E-state index in [1.807, 2.05) is 79.7 Å². The summed E-state index contributed by atoms with van der Waals surface area (Å²) in [6.45, 7) is 3.36. The van der Waals surface area contributed by atoms with Gasteiger partial charge in [0, 0.05) is 54.1 Å². The Morgan fingerprint density at radius 1 is 0.886 bits per heavy atom. The lowest BCUT2D eigenvalue weighted by atomic mass is 9.99. The van der Waals surface area contributed by atoms with Gasteiger partial charge >= 0.3 is 6.03 Å². The highest BCUT2D eigenvalue weighted by Crippen LogP contribution is 2.29. The van der Waals surface area contributed by atoms with Gasteiger partial charge in [-0.15, -0.1) is 0 Å². The zero-order valence-electron chi connectivity index (χ0n) is 24.4. The van der Waals surface area contributed by atoms with Gasteiger partial charge in [0.1, 0.15) is 5.69 Å². The number of hydrogen-bond donors (Lipinski definition) is 3. The fraction of sp³-hybridized carbons (Fsp3) is 0.206. The Morgan fingerprint density at radius 3 is 2.39 bits per heavy atom. The lowest BCUT2D eigenvalue weighted by Gasteiger charge is -2.31. The monoisotopic (exact) mass is 587 g/mol. The maximum absolute atomic E-state index is 13.3. The van der Waals surface area contributed by atoms with Crippen molar-refractivity contribution in [2.45, 2.75) is 32.4 Å². The van der Waals surface area contributed by atoms with Gasteiger partial charge in [-0.3, -0.25) is 14.6 Å². The molecule has 2 aromatic heterocycles. The first-order chi connectivity index (χ1) is 21.4. The average Bonchev–Trinajstić information content (AvgIpc) is 3.06. The van der Waals surface area contributed by atoms with Crippen LogP contribution >= 0.6 is 0 Å². The van der Waals surface area contributed by atoms with Crippen molar-refractivity contribution in [1.29, 1.82) is 0 Å². The summed E-state index contributed by atoms with van der Waals surface area (Å²) in [6, 6.07) is 26.3. The quantitative estimate of drug-likeness (QED) is 0.241. The van der Waals surface area contributed by atoms with Crippen molar-refractivity contribution in [2.75, 3.05) is 18.4 Å². The van der Waals surface area contributed by atoms with E-state index >= 15 is 0 Å². The van der Waals surface area contributed by atoms with E-state index in [1.54, 1.807) is 23.2 Å². The van der Waals surface area contributed by atoms with Crippen LogP contribution in [0.1, 0.15) is 30.1 Å². The molecule has 0 aliphatic carbocycles. The molecule has 1 aliphatic heterocycles. The number of aromatic nitrogens is 3. The van der Waals surface area contributed by atoms with Crippen LogP contribution in [0.15, 0.2) is 95.9 Å². The number of primary amides is 1. The van der Waals surface area contributed by atoms with Gasteiger partial charge in [0.25, 0.3) is 11.5 Å². The molecule has 3 amide bonds. The molecule has 0 saturated carbocycles. The molecular formula is C34H33N7O3. The summed E-state index contributed by atoms with van der Waals surface area (Å²) in [6.07, 6.45) is 3.07. The van der Waals surface area contributed by atoms with Crippen molar-refractivity contribution in [3.8, 4) is 22.4 Å². The topological polar surface area (TPSA) is 135 Å². The minimum absolute atomic E-state index is 0.0154. The molecule has 0 atom stereocenters. The normalized spacial score (nSPS) is 13.5. The first kappa shape index (κ1) is 28.6. The Balaban J connectivity index is 1.26. The third-order valence-electron chi connectivity index (χ3n) is 7.95. The van der Waals surface area contributed by atoms with E-state index in [9.17, 15) is 14.4 Å². The molecule has 1 fully saturated rings. The number of pyridine rings is 1. The number of amides is 3. The zero-order valence-corrected chi connectivity index (χ0v) is 24.4. The molecule has 0 spiro atoms. The Hall–Kier alpha value is -5.51. The maximum atomic E-state index is 13.3. The number of likely N-dealkylation sites (tertiary alicyclic amines) is 1. The zero-order chi connectivity index (χ0) is 30.6. The van der Waals surface area contributed by atoms with Crippen molar-refractivity contribution in [1.82, 2.24) is 25.0 Å². The van der Waals surface area contributed by atoms with Crippen LogP contribution in [0, 0.1) is 0 Å². The summed E-state index contributed by atoms with van der Waals surface area (Å²) in [5, 5.41) is 12.0. The highest BCUT2D eigenvalue weighted by molar-refractivity contribution is 5.96. The molecule has 0 bridgehead atoms. The number of nitrogens with two attached hydrogens (primary N) is 1. The summed E-state index contributed by atoms with van der Waals surface area (Å²) >= 11 is 0. The lowest BCUT2D eigenvalue weighted by molar-refractivity contribution is 0.0919. The average molecular weight is 588 g/mol. The van der Waals surface area contributed by atoms with Gasteiger partial charge in [-0.05, 0) is 79.4 Å². The van der Waals surface area contributed by atoms with E-state index in [2.05, 4.69) is 20.7 Å². The molecule has 5 aromatic rings. The predicted molar refractivity (Wildman–Crippen MR) is 172 cm³/mol. The minimum atomic E-state index is -0.428. The number of rotatable bonds is 7. The van der Waals surface area contributed by atoms with Crippen molar-refractivity contribution >= 4 is 34.2 Å². The van der Waals surface area contributed by atoms with E-state index < -0.39 is 6.03 Å². The van der Waals surface area contributed by atoms with Crippen molar-refractivity contribution in [3.05, 3.63) is 107 Å². The van der Waals surface area contributed by atoms with Crippen LogP contribution in [-0.4, -0.2) is 50.7 Å². The Bertz CT molecular complexity index is 1910. The van der Waals surface area contributed by atoms with Gasteiger partial charge in [-0.2, -0.15) is 5.10 Å². The molecule has 10 heteroatoms. The van der Waals surface area contributed by atoms with Crippen LogP contribution < -0.4 is 21.9 Å². The predicted octanol–water partition coefficient (Wildman–Crippen LogP) is 5.16. The van der Waals surface area contributed by atoms with E-state index in [0.29, 0.717) is 49.4 Å². The van der Waals surface area contributed by atoms with Crippen LogP contribution in [0.4, 0.5) is 16.2 Å². The maximum Gasteiger partial charge on any atom is 0.314 e. The van der Waals surface area contributed by atoms with Crippen molar-refractivity contribution in [3.63, 3.8) is 0 Å². The van der Waals surface area contributed by atoms with Crippen LogP contribution in [0.3, 0.4) is 0 Å². The minimum Gasteiger partial charge on any atom is -0.351 e. The number of hydrogen-bond acceptors (Lipinski definition) is 6. The summed E-state index contributed by atoms with van der Waals surface area (Å²) in [7, 11) is 0. The molecule has 0 radical (unpaired) electrons. The SMILES string of the molecule is CCn1nc(-c2cccc(-c3cccc(C(=O)NC4CCN(C(N)=O)CC4)c3)c2)cc(Nc2cccc3ncccc23)c1=O. The van der Waals surface area contributed by atoms with E-state index in [1.165, 1.54) is 4.68 Å². The van der Waals surface area contributed by atoms with Gasteiger partial charge in [0.2, 0.25) is 0 Å². The van der Waals surface area contributed by atoms with Gasteiger partial charge in [-0.1, -0.05) is 36.4 Å². The Kier molecular flexibility index (Phi) is 8.05. The smallest absolute Gasteiger partial charge is 0.314 e. The molecule has 3 heterocycles. The fourth-order valence-electron chi connectivity index (χ4n) is 5.56. The third-order valence-corrected chi connectivity index (χ3v) is 7.95. The number of urea groups is 1. The number of carbonyl (C=O) groups excluding carboxylic acids is 2. The van der Waals surface area contributed by atoms with Gasteiger partial charge in [0.15, 0.2) is 0 Å². The number of carbonyl (C=O) groups is 2. The number of piperidine rings is 1. The number of benzene rings is 3. The Morgan fingerprint density at radius 2 is 1.61 bits per heavy atom. The van der Waals surface area contributed by atoms with Crippen LogP contribution in [0.2, 0.25) is 0 Å². The standard InChI is InChI=1S/C34H33N7O3/c1-2-41-33(43)31(38-29-13-5-12-28-27(29)11-6-16-36-28)21-30(39-41)24-9-3-7-22(19-24)23-8-4-10-25(20-23)32(42)37-26-14-17-40(18-15-26)34(35)44/h3-13,16,19-21,26,38H,2,14-15,17-18H2,1H3,(H2,35,44)(H,37,42). The van der Waals surface area contributed by atoms with E-state index in [-0.39, 0.29) is 17.5 Å². The molecule has 4 N–H and O–H groups in total. The van der Waals surface area contributed by atoms with Gasteiger partial charge in [0.05, 0.1) is 11.2 Å². The summed E-state index contributed by atoms with van der Waals surface area (Å²) in [4.78, 5) is 43.8. The van der Waals surface area contributed by atoms with Gasteiger partial charge < -0.3 is 21.3 Å². The summed E-state index contributed by atoms with van der Waals surface area (Å²) in [5.74, 6) is -0.156. The lowest BCUT2D eigenvalue weighted by Crippen LogP contribution is -2.48. The first-order valence-electron chi connectivity index (χ1n) is 14.7. The van der Waals surface area contributed by atoms with Crippen molar-refractivity contribution < 1.29 is 9.59 Å². The molecule has 10 nitrogen and oxygen atoms in total. The number of fused-ring (bicyclic) bond motifs is 1. The second-order valence-corrected chi connectivity index (χ2v) is 10.8. The largest absolute Gasteiger partial charge is 0.351 e. The van der Waals surface area contributed by atoms with Crippen LogP contribution in [0.25, 0.3) is 33.3 Å².